The Kier molecular flexibility index (Phi) is 6.13. The van der Waals surface area contributed by atoms with Crippen LogP contribution in [0.1, 0.15) is 12.6 Å². The summed E-state index contributed by atoms with van der Waals surface area (Å²) in [5, 5.41) is 17.1. The van der Waals surface area contributed by atoms with E-state index in [2.05, 4.69) is 22.0 Å². The molecule has 3 aromatic rings. The number of methoxy groups -OCH3 is 1. The molecule has 0 unspecified atom stereocenters. The van der Waals surface area contributed by atoms with E-state index in [9.17, 15) is 9.90 Å². The molecule has 0 aliphatic rings. The number of nitrogens with one attached hydrogen (secondary N) is 1. The second kappa shape index (κ2) is 8.92. The minimum atomic E-state index is -1.32. The number of rotatable bonds is 8. The van der Waals surface area contributed by atoms with Crippen LogP contribution >= 0.6 is 0 Å². The number of hydrogen-bond donors (Lipinski definition) is 1. The molecular formula is C21H21N4O4-. The van der Waals surface area contributed by atoms with Crippen LogP contribution in [0.15, 0.2) is 55.2 Å². The largest absolute Gasteiger partial charge is 0.530 e. The number of ether oxygens (including phenoxy) is 2. The number of carboxylic acid groups (broad SMARTS) is 1. The molecule has 3 rings (SSSR count). The number of aromatic nitrogens is 3. The molecule has 0 fully saturated rings. The van der Waals surface area contributed by atoms with E-state index < -0.39 is 6.09 Å². The lowest BCUT2D eigenvalue weighted by atomic mass is 10.1. The van der Waals surface area contributed by atoms with Crippen molar-refractivity contribution in [1.82, 2.24) is 20.1 Å². The topological polar surface area (TPSA) is 101 Å². The summed E-state index contributed by atoms with van der Waals surface area (Å²) < 4.78 is 12.4. The number of carbonyl (C=O) groups is 1. The molecule has 2 aromatic heterocycles. The van der Waals surface area contributed by atoms with Gasteiger partial charge in [-0.25, -0.2) is 9.67 Å². The molecule has 0 bridgehead atoms. The first-order chi connectivity index (χ1) is 14.0. The number of hydrogen-bond acceptors (Lipinski definition) is 6. The molecule has 150 valence electrons. The van der Waals surface area contributed by atoms with E-state index in [0.29, 0.717) is 11.6 Å². The van der Waals surface area contributed by atoms with Gasteiger partial charge in [0.15, 0.2) is 0 Å². The standard InChI is InChI=1S/C21H22N4O4/c1-14(2)18-12-19(25(24-18)16-6-9-20(28-3)23-13-16)15-4-7-17(8-5-15)29-11-10-22-21(26)27/h4-9,12-13,22H,1,10-11H2,2-3H3,(H,26,27)/p-1. The predicted molar refractivity (Wildman–Crippen MR) is 107 cm³/mol. The molecule has 0 aliphatic carbocycles. The van der Waals surface area contributed by atoms with Crippen molar-refractivity contribution in [1.29, 1.82) is 0 Å². The van der Waals surface area contributed by atoms with Crippen molar-refractivity contribution in [2.75, 3.05) is 20.3 Å². The maximum Gasteiger partial charge on any atom is 0.213 e. The summed E-state index contributed by atoms with van der Waals surface area (Å²) in [4.78, 5) is 14.6. The highest BCUT2D eigenvalue weighted by molar-refractivity contribution is 5.69. The average Bonchev–Trinajstić information content (AvgIpc) is 3.17. The van der Waals surface area contributed by atoms with Crippen LogP contribution in [-0.2, 0) is 0 Å². The Morgan fingerprint density at radius 1 is 1.24 bits per heavy atom. The number of pyridine rings is 1. The molecule has 0 saturated carbocycles. The van der Waals surface area contributed by atoms with E-state index in [4.69, 9.17) is 9.47 Å². The summed E-state index contributed by atoms with van der Waals surface area (Å²) in [6.45, 7) is 6.25. The zero-order chi connectivity index (χ0) is 20.8. The van der Waals surface area contributed by atoms with Gasteiger partial charge in [0.25, 0.3) is 0 Å². The van der Waals surface area contributed by atoms with Gasteiger partial charge in [-0.3, -0.25) is 0 Å². The van der Waals surface area contributed by atoms with E-state index in [0.717, 1.165) is 28.2 Å². The van der Waals surface area contributed by atoms with E-state index in [1.807, 2.05) is 43.3 Å². The second-order valence-electron chi connectivity index (χ2n) is 6.25. The Balaban J connectivity index is 1.85. The number of nitrogens with zero attached hydrogens (tertiary/aromatic N) is 3. The van der Waals surface area contributed by atoms with Gasteiger partial charge in [0, 0.05) is 11.6 Å². The molecule has 8 heteroatoms. The van der Waals surface area contributed by atoms with Crippen molar-refractivity contribution in [2.24, 2.45) is 0 Å². The number of benzene rings is 1. The Labute approximate surface area is 168 Å². The highest BCUT2D eigenvalue weighted by Gasteiger charge is 2.13. The van der Waals surface area contributed by atoms with Crippen LogP contribution < -0.4 is 19.9 Å². The molecule has 0 radical (unpaired) electrons. The van der Waals surface area contributed by atoms with Crippen molar-refractivity contribution in [3.63, 3.8) is 0 Å². The van der Waals surface area contributed by atoms with Gasteiger partial charge in [0.2, 0.25) is 5.88 Å². The molecule has 29 heavy (non-hydrogen) atoms. The van der Waals surface area contributed by atoms with Gasteiger partial charge in [-0.2, -0.15) is 5.10 Å². The van der Waals surface area contributed by atoms with Crippen LogP contribution in [0, 0.1) is 0 Å². The Morgan fingerprint density at radius 2 is 2.00 bits per heavy atom. The second-order valence-corrected chi connectivity index (χ2v) is 6.25. The van der Waals surface area contributed by atoms with Crippen LogP contribution in [0.2, 0.25) is 0 Å². The van der Waals surface area contributed by atoms with E-state index in [1.54, 1.807) is 24.1 Å². The molecular weight excluding hydrogens is 372 g/mol. The van der Waals surface area contributed by atoms with E-state index >= 15 is 0 Å². The lowest BCUT2D eigenvalue weighted by molar-refractivity contribution is -0.250. The molecule has 1 aromatic carbocycles. The number of allylic oxidation sites excluding steroid dienone is 1. The van der Waals surface area contributed by atoms with Crippen molar-refractivity contribution >= 4 is 11.7 Å². The van der Waals surface area contributed by atoms with Crippen LogP contribution in [0.3, 0.4) is 0 Å². The summed E-state index contributed by atoms with van der Waals surface area (Å²) >= 11 is 0. The van der Waals surface area contributed by atoms with Gasteiger partial charge in [-0.05, 0) is 48.9 Å². The molecule has 0 saturated heterocycles. The summed E-state index contributed by atoms with van der Waals surface area (Å²) in [6.07, 6.45) is 0.373. The SMILES string of the molecule is C=C(C)c1cc(-c2ccc(OCCNC(=O)[O-])cc2)n(-c2ccc(OC)nc2)n1. The van der Waals surface area contributed by atoms with Gasteiger partial charge in [-0.1, -0.05) is 6.58 Å². The lowest BCUT2D eigenvalue weighted by Crippen LogP contribution is -2.38. The van der Waals surface area contributed by atoms with Gasteiger partial charge in [0.05, 0.1) is 36.9 Å². The van der Waals surface area contributed by atoms with Gasteiger partial charge in [0.1, 0.15) is 18.4 Å². The Morgan fingerprint density at radius 3 is 2.59 bits per heavy atom. The van der Waals surface area contributed by atoms with Gasteiger partial charge in [-0.15, -0.1) is 0 Å². The number of amides is 1. The smallest absolute Gasteiger partial charge is 0.213 e. The first-order valence-corrected chi connectivity index (χ1v) is 8.92. The summed E-state index contributed by atoms with van der Waals surface area (Å²) in [6, 6.07) is 13.1. The lowest BCUT2D eigenvalue weighted by Gasteiger charge is -2.10. The molecule has 0 spiro atoms. The minimum Gasteiger partial charge on any atom is -0.530 e. The average molecular weight is 393 g/mol. The predicted octanol–water partition coefficient (Wildman–Crippen LogP) is 2.29. The van der Waals surface area contributed by atoms with Gasteiger partial charge >= 0.3 is 0 Å². The third kappa shape index (κ3) is 4.92. The maximum absolute atomic E-state index is 10.3. The Hall–Kier alpha value is -3.81. The molecule has 1 N–H and O–H groups in total. The summed E-state index contributed by atoms with van der Waals surface area (Å²) in [5.74, 6) is 1.16. The van der Waals surface area contributed by atoms with Crippen LogP contribution in [0.5, 0.6) is 11.6 Å². The van der Waals surface area contributed by atoms with Crippen LogP contribution in [0.25, 0.3) is 22.5 Å². The third-order valence-corrected chi connectivity index (χ3v) is 4.11. The minimum absolute atomic E-state index is 0.156. The zero-order valence-electron chi connectivity index (χ0n) is 16.2. The first kappa shape index (κ1) is 19.9. The third-order valence-electron chi connectivity index (χ3n) is 4.11. The van der Waals surface area contributed by atoms with Gasteiger partial charge < -0.3 is 24.7 Å². The van der Waals surface area contributed by atoms with E-state index in [1.165, 1.54) is 0 Å². The fraction of sp³-hybridized carbons (Fsp3) is 0.190. The first-order valence-electron chi connectivity index (χ1n) is 8.92. The molecule has 8 nitrogen and oxygen atoms in total. The zero-order valence-corrected chi connectivity index (χ0v) is 16.2. The molecule has 2 heterocycles. The highest BCUT2D eigenvalue weighted by atomic mass is 16.5. The maximum atomic E-state index is 10.3. The summed E-state index contributed by atoms with van der Waals surface area (Å²) in [5.41, 5.74) is 4.24. The molecule has 1 amide bonds. The summed E-state index contributed by atoms with van der Waals surface area (Å²) in [7, 11) is 1.57. The van der Waals surface area contributed by atoms with Crippen molar-refractivity contribution in [3.05, 3.63) is 60.9 Å². The highest BCUT2D eigenvalue weighted by Crippen LogP contribution is 2.28. The van der Waals surface area contributed by atoms with Crippen LogP contribution in [0.4, 0.5) is 4.79 Å². The van der Waals surface area contributed by atoms with Crippen molar-refractivity contribution in [3.8, 4) is 28.6 Å². The monoisotopic (exact) mass is 393 g/mol. The quantitative estimate of drug-likeness (QED) is 0.589. The fourth-order valence-electron chi connectivity index (χ4n) is 2.65. The Bertz CT molecular complexity index is 995. The molecule has 0 aliphatic heterocycles. The van der Waals surface area contributed by atoms with Crippen molar-refractivity contribution in [2.45, 2.75) is 6.92 Å². The van der Waals surface area contributed by atoms with Crippen molar-refractivity contribution < 1.29 is 19.4 Å². The van der Waals surface area contributed by atoms with E-state index in [-0.39, 0.29) is 13.2 Å². The molecule has 0 atom stereocenters. The number of carbonyl (C=O) groups excluding carboxylic acids is 1. The normalized spacial score (nSPS) is 10.4. The fourth-order valence-corrected chi connectivity index (χ4v) is 2.65. The van der Waals surface area contributed by atoms with Crippen LogP contribution in [-0.4, -0.2) is 41.1 Å².